The number of rotatable bonds is 7. The zero-order chi connectivity index (χ0) is 32.0. The van der Waals surface area contributed by atoms with E-state index in [4.69, 9.17) is 23.4 Å². The van der Waals surface area contributed by atoms with E-state index < -0.39 is 120 Å². The molecule has 17 nitrogen and oxygen atoms in total. The summed E-state index contributed by atoms with van der Waals surface area (Å²) in [6.07, 6.45) is -17.5. The summed E-state index contributed by atoms with van der Waals surface area (Å²) in [6, 6.07) is 5.19. The first kappa shape index (κ1) is 31.7. The Kier molecular flexibility index (Phi) is 8.87. The Morgan fingerprint density at radius 2 is 1.25 bits per heavy atom. The molecular weight excluding hydrogens is 596 g/mol. The Balaban J connectivity index is 1.66. The van der Waals surface area contributed by atoms with Gasteiger partial charge in [-0.1, -0.05) is 0 Å². The van der Waals surface area contributed by atoms with Gasteiger partial charge in [0.15, 0.2) is 17.3 Å². The second-order valence-electron chi connectivity index (χ2n) is 10.2. The van der Waals surface area contributed by atoms with Crippen molar-refractivity contribution in [1.29, 1.82) is 0 Å². The molecule has 17 heteroatoms. The molecule has 1 aromatic heterocycles. The maximum Gasteiger partial charge on any atom is 0.239 e. The summed E-state index contributed by atoms with van der Waals surface area (Å²) in [5.74, 6) is -3.37. The van der Waals surface area contributed by atoms with E-state index in [9.17, 15) is 61.0 Å². The molecule has 3 heterocycles. The second kappa shape index (κ2) is 12.3. The van der Waals surface area contributed by atoms with E-state index in [0.717, 1.165) is 24.3 Å². The zero-order valence-electron chi connectivity index (χ0n) is 22.4. The summed E-state index contributed by atoms with van der Waals surface area (Å²) in [7, 11) is 0. The van der Waals surface area contributed by atoms with Gasteiger partial charge in [0.05, 0.1) is 13.2 Å². The van der Waals surface area contributed by atoms with Crippen molar-refractivity contribution in [1.82, 2.24) is 0 Å². The fraction of sp³-hybridized carbons (Fsp3) is 0.444. The fourth-order valence-corrected chi connectivity index (χ4v) is 4.88. The van der Waals surface area contributed by atoms with Crippen LogP contribution in [0, 0.1) is 0 Å². The van der Waals surface area contributed by atoms with E-state index in [-0.39, 0.29) is 11.1 Å². The average Bonchev–Trinajstić information content (AvgIpc) is 2.99. The molecule has 44 heavy (non-hydrogen) atoms. The summed E-state index contributed by atoms with van der Waals surface area (Å²) in [5, 5.41) is 110. The third-order valence-electron chi connectivity index (χ3n) is 7.31. The lowest BCUT2D eigenvalue weighted by Crippen LogP contribution is -2.60. The van der Waals surface area contributed by atoms with Gasteiger partial charge in [-0.25, -0.2) is 0 Å². The Labute approximate surface area is 246 Å². The molecule has 0 unspecified atom stereocenters. The third-order valence-corrected chi connectivity index (χ3v) is 7.31. The average molecular weight is 627 g/mol. The van der Waals surface area contributed by atoms with E-state index in [1.165, 1.54) is 6.07 Å². The van der Waals surface area contributed by atoms with Crippen LogP contribution >= 0.6 is 0 Å². The summed E-state index contributed by atoms with van der Waals surface area (Å²) >= 11 is 0. The molecule has 0 spiro atoms. The second-order valence-corrected chi connectivity index (χ2v) is 10.2. The highest BCUT2D eigenvalue weighted by Crippen LogP contribution is 2.40. The highest BCUT2D eigenvalue weighted by molar-refractivity contribution is 5.88. The van der Waals surface area contributed by atoms with Crippen LogP contribution in [0.4, 0.5) is 0 Å². The van der Waals surface area contributed by atoms with Crippen molar-refractivity contribution in [2.45, 2.75) is 61.4 Å². The first-order valence-electron chi connectivity index (χ1n) is 13.2. The lowest BCUT2D eigenvalue weighted by molar-refractivity contribution is -0.277. The Morgan fingerprint density at radius 1 is 0.682 bits per heavy atom. The van der Waals surface area contributed by atoms with Crippen LogP contribution in [0.3, 0.4) is 0 Å². The Bertz CT molecular complexity index is 1550. The number of aliphatic hydroxyl groups excluding tert-OH is 8. The molecule has 240 valence electrons. The Hall–Kier alpha value is -3.75. The molecule has 2 fully saturated rings. The van der Waals surface area contributed by atoms with Gasteiger partial charge in [-0.3, -0.25) is 4.79 Å². The number of ether oxygens (including phenoxy) is 4. The maximum atomic E-state index is 14.1. The summed E-state index contributed by atoms with van der Waals surface area (Å²) in [4.78, 5) is 14.1. The van der Waals surface area contributed by atoms with Gasteiger partial charge < -0.3 is 79.5 Å². The normalized spacial score (nSPS) is 32.5. The van der Waals surface area contributed by atoms with E-state index in [0.29, 0.717) is 0 Å². The van der Waals surface area contributed by atoms with Crippen molar-refractivity contribution >= 4 is 11.0 Å². The van der Waals surface area contributed by atoms with Gasteiger partial charge in [0.2, 0.25) is 23.8 Å². The molecule has 2 aliphatic rings. The largest absolute Gasteiger partial charge is 0.508 e. The predicted octanol–water partition coefficient (Wildman–Crippen LogP) is -3.07. The number of hydrogen-bond donors (Lipinski definition) is 11. The highest BCUT2D eigenvalue weighted by Gasteiger charge is 2.46. The SMILES string of the molecule is O=c1c(O[C@H]2O[C@H](CO)[C@H](O)[C@H](O)[C@H]2O)c(-c2ccc(O)c(O)c2)oc2cc(O)cc(O[C@@H]3O[C@H](CO)[C@H](O)[C@@H](O)[C@H]3O)c12. The molecule has 0 radical (unpaired) electrons. The topological polar surface area (TPSA) is 290 Å². The first-order chi connectivity index (χ1) is 20.9. The van der Waals surface area contributed by atoms with Gasteiger partial charge in [0, 0.05) is 17.7 Å². The van der Waals surface area contributed by atoms with Gasteiger partial charge in [0.25, 0.3) is 0 Å². The number of aromatic hydroxyl groups is 3. The summed E-state index contributed by atoms with van der Waals surface area (Å²) in [5.41, 5.74) is -1.51. The third kappa shape index (κ3) is 5.61. The summed E-state index contributed by atoms with van der Waals surface area (Å²) < 4.78 is 27.8. The number of aliphatic hydroxyl groups is 8. The smallest absolute Gasteiger partial charge is 0.239 e. The van der Waals surface area contributed by atoms with E-state index in [1.807, 2.05) is 0 Å². The van der Waals surface area contributed by atoms with Crippen LogP contribution in [0.5, 0.6) is 28.7 Å². The number of benzene rings is 2. The molecule has 11 N–H and O–H groups in total. The van der Waals surface area contributed by atoms with Crippen LogP contribution in [0.1, 0.15) is 0 Å². The van der Waals surface area contributed by atoms with Gasteiger partial charge in [0.1, 0.15) is 71.3 Å². The predicted molar refractivity (Wildman–Crippen MR) is 142 cm³/mol. The quantitative estimate of drug-likeness (QED) is 0.116. The zero-order valence-corrected chi connectivity index (χ0v) is 22.4. The van der Waals surface area contributed by atoms with Gasteiger partial charge in [-0.2, -0.15) is 0 Å². The minimum absolute atomic E-state index is 0.0707. The molecule has 5 rings (SSSR count). The van der Waals surface area contributed by atoms with Crippen molar-refractivity contribution in [2.75, 3.05) is 13.2 Å². The van der Waals surface area contributed by atoms with Crippen LogP contribution < -0.4 is 14.9 Å². The van der Waals surface area contributed by atoms with Gasteiger partial charge >= 0.3 is 0 Å². The lowest BCUT2D eigenvalue weighted by Gasteiger charge is -2.39. The molecule has 0 saturated carbocycles. The lowest BCUT2D eigenvalue weighted by atomic mass is 9.99. The maximum absolute atomic E-state index is 14.1. The molecule has 3 aromatic rings. The van der Waals surface area contributed by atoms with Crippen LogP contribution in [-0.4, -0.2) is 131 Å². The van der Waals surface area contributed by atoms with Crippen molar-refractivity contribution in [3.63, 3.8) is 0 Å². The number of phenolic OH excluding ortho intramolecular Hbond substituents is 3. The molecule has 2 aromatic carbocycles. The van der Waals surface area contributed by atoms with E-state index >= 15 is 0 Å². The van der Waals surface area contributed by atoms with Crippen LogP contribution in [-0.2, 0) is 9.47 Å². The van der Waals surface area contributed by atoms with E-state index in [2.05, 4.69) is 0 Å². The van der Waals surface area contributed by atoms with Crippen molar-refractivity contribution < 1.29 is 79.5 Å². The minimum Gasteiger partial charge on any atom is -0.508 e. The van der Waals surface area contributed by atoms with E-state index in [1.54, 1.807) is 0 Å². The van der Waals surface area contributed by atoms with Crippen molar-refractivity contribution in [2.24, 2.45) is 0 Å². The van der Waals surface area contributed by atoms with Crippen LogP contribution in [0.15, 0.2) is 39.5 Å². The van der Waals surface area contributed by atoms with Gasteiger partial charge in [-0.15, -0.1) is 0 Å². The highest BCUT2D eigenvalue weighted by atomic mass is 16.7. The van der Waals surface area contributed by atoms with Crippen LogP contribution in [0.2, 0.25) is 0 Å². The standard InChI is InChI=1S/C27H30O17/c28-6-14-17(33)20(36)22(38)26(42-14)41-13-5-9(30)4-12-16(13)19(35)25(24(40-12)8-1-2-10(31)11(32)3-8)44-27-23(39)21(37)18(34)15(7-29)43-27/h1-5,14-15,17-18,20-23,26-34,36-39H,6-7H2/t14-,15-,17+,18+,20-,21+,22-,23-,26-,27-/m1/s1. The molecule has 0 amide bonds. The number of phenols is 3. The molecule has 2 aliphatic heterocycles. The minimum atomic E-state index is -1.96. The van der Waals surface area contributed by atoms with Gasteiger partial charge in [-0.05, 0) is 18.2 Å². The summed E-state index contributed by atoms with van der Waals surface area (Å²) in [6.45, 7) is -1.60. The Morgan fingerprint density at radius 3 is 1.80 bits per heavy atom. The van der Waals surface area contributed by atoms with Crippen LogP contribution in [0.25, 0.3) is 22.3 Å². The number of hydrogen-bond acceptors (Lipinski definition) is 17. The molecular formula is C27H30O17. The molecule has 10 atom stereocenters. The first-order valence-corrected chi connectivity index (χ1v) is 13.2. The molecule has 0 bridgehead atoms. The molecule has 0 aliphatic carbocycles. The monoisotopic (exact) mass is 626 g/mol. The van der Waals surface area contributed by atoms with Crippen molar-refractivity contribution in [3.8, 4) is 40.1 Å². The molecule has 2 saturated heterocycles. The number of fused-ring (bicyclic) bond motifs is 1. The fourth-order valence-electron chi connectivity index (χ4n) is 4.88. The van der Waals surface area contributed by atoms with Crippen molar-refractivity contribution in [3.05, 3.63) is 40.6 Å².